The molecule has 1 amide bonds. The van der Waals surface area contributed by atoms with Gasteiger partial charge in [0.2, 0.25) is 5.91 Å². The second kappa shape index (κ2) is 5.12. The van der Waals surface area contributed by atoms with Crippen LogP contribution in [0.15, 0.2) is 30.3 Å². The van der Waals surface area contributed by atoms with Gasteiger partial charge in [-0.3, -0.25) is 4.79 Å². The molecule has 1 N–H and O–H groups in total. The largest absolute Gasteiger partial charge is 0.311 e. The molecule has 0 spiro atoms. The lowest BCUT2D eigenvalue weighted by Gasteiger charge is -2.28. The second-order valence-electron chi connectivity index (χ2n) is 4.21. The van der Waals surface area contributed by atoms with E-state index in [2.05, 4.69) is 5.32 Å². The van der Waals surface area contributed by atoms with E-state index in [0.717, 1.165) is 31.6 Å². The van der Waals surface area contributed by atoms with Gasteiger partial charge in [0, 0.05) is 12.2 Å². The lowest BCUT2D eigenvalue weighted by atomic mass is 10.1. The second-order valence-corrected chi connectivity index (χ2v) is 4.21. The van der Waals surface area contributed by atoms with E-state index in [1.54, 1.807) is 0 Å². The van der Waals surface area contributed by atoms with E-state index < -0.39 is 0 Å². The zero-order valence-electron chi connectivity index (χ0n) is 9.65. The third kappa shape index (κ3) is 2.42. The summed E-state index contributed by atoms with van der Waals surface area (Å²) in [5, 5.41) is 3.24. The molecule has 1 unspecified atom stereocenters. The summed E-state index contributed by atoms with van der Waals surface area (Å²) in [4.78, 5) is 14.0. The number of carbonyl (C=O) groups excluding carboxylic acids is 1. The van der Waals surface area contributed by atoms with Crippen molar-refractivity contribution in [3.05, 3.63) is 30.3 Å². The minimum absolute atomic E-state index is 0.0829. The number of rotatable bonds is 1. The van der Waals surface area contributed by atoms with Crippen LogP contribution in [0.1, 0.15) is 19.8 Å². The summed E-state index contributed by atoms with van der Waals surface area (Å²) in [6, 6.07) is 9.82. The van der Waals surface area contributed by atoms with Crippen LogP contribution >= 0.6 is 0 Å². The molecule has 1 saturated heterocycles. The first-order valence-electron chi connectivity index (χ1n) is 5.89. The summed E-state index contributed by atoms with van der Waals surface area (Å²) >= 11 is 0. The number of nitrogens with zero attached hydrogens (tertiary/aromatic N) is 1. The highest BCUT2D eigenvalue weighted by Crippen LogP contribution is 2.16. The Morgan fingerprint density at radius 3 is 2.75 bits per heavy atom. The number of benzene rings is 1. The first kappa shape index (κ1) is 11.1. The van der Waals surface area contributed by atoms with Crippen LogP contribution in [0.2, 0.25) is 0 Å². The third-order valence-electron chi connectivity index (χ3n) is 2.96. The maximum atomic E-state index is 12.2. The van der Waals surface area contributed by atoms with Crippen LogP contribution in [-0.2, 0) is 4.79 Å². The Hall–Kier alpha value is -1.35. The van der Waals surface area contributed by atoms with Crippen molar-refractivity contribution in [1.29, 1.82) is 0 Å². The zero-order chi connectivity index (χ0) is 11.4. The van der Waals surface area contributed by atoms with Crippen LogP contribution in [0.25, 0.3) is 0 Å². The van der Waals surface area contributed by atoms with Crippen LogP contribution < -0.4 is 10.2 Å². The molecule has 1 aliphatic heterocycles. The zero-order valence-corrected chi connectivity index (χ0v) is 9.65. The van der Waals surface area contributed by atoms with Crippen LogP contribution in [0.5, 0.6) is 0 Å². The first-order valence-corrected chi connectivity index (χ1v) is 5.89. The molecule has 2 rings (SSSR count). The quantitative estimate of drug-likeness (QED) is 0.779. The maximum Gasteiger partial charge on any atom is 0.243 e. The molecule has 0 bridgehead atoms. The number of hydrogen-bond donors (Lipinski definition) is 1. The van der Waals surface area contributed by atoms with E-state index in [1.165, 1.54) is 0 Å². The van der Waals surface area contributed by atoms with Crippen molar-refractivity contribution in [1.82, 2.24) is 5.32 Å². The molecule has 86 valence electrons. The fourth-order valence-corrected chi connectivity index (χ4v) is 2.01. The highest BCUT2D eigenvalue weighted by Gasteiger charge is 2.22. The van der Waals surface area contributed by atoms with Gasteiger partial charge in [0.25, 0.3) is 0 Å². The van der Waals surface area contributed by atoms with Crippen LogP contribution in [-0.4, -0.2) is 25.0 Å². The van der Waals surface area contributed by atoms with Crippen molar-refractivity contribution in [3.63, 3.8) is 0 Å². The monoisotopic (exact) mass is 218 g/mol. The van der Waals surface area contributed by atoms with E-state index >= 15 is 0 Å². The minimum atomic E-state index is -0.0829. The molecule has 0 saturated carbocycles. The summed E-state index contributed by atoms with van der Waals surface area (Å²) < 4.78 is 0. The molecule has 0 radical (unpaired) electrons. The van der Waals surface area contributed by atoms with Gasteiger partial charge in [0.15, 0.2) is 0 Å². The van der Waals surface area contributed by atoms with Gasteiger partial charge in [0.05, 0.1) is 6.04 Å². The van der Waals surface area contributed by atoms with Gasteiger partial charge < -0.3 is 10.2 Å². The van der Waals surface area contributed by atoms with Crippen LogP contribution in [0.4, 0.5) is 5.69 Å². The Morgan fingerprint density at radius 2 is 2.00 bits per heavy atom. The van der Waals surface area contributed by atoms with Crippen molar-refractivity contribution < 1.29 is 4.79 Å². The maximum absolute atomic E-state index is 12.2. The SMILES string of the molecule is CC1NCCCCN(c2ccccc2)C1=O. The summed E-state index contributed by atoms with van der Waals surface area (Å²) in [6.07, 6.45) is 2.18. The summed E-state index contributed by atoms with van der Waals surface area (Å²) in [5.41, 5.74) is 1.00. The highest BCUT2D eigenvalue weighted by atomic mass is 16.2. The predicted molar refractivity (Wildman–Crippen MR) is 65.5 cm³/mol. The van der Waals surface area contributed by atoms with Crippen LogP contribution in [0, 0.1) is 0 Å². The van der Waals surface area contributed by atoms with Crippen molar-refractivity contribution in [2.24, 2.45) is 0 Å². The molecule has 16 heavy (non-hydrogen) atoms. The number of amides is 1. The van der Waals surface area contributed by atoms with Gasteiger partial charge in [-0.2, -0.15) is 0 Å². The molecule has 1 heterocycles. The molecule has 1 atom stereocenters. The molecular weight excluding hydrogens is 200 g/mol. The Labute approximate surface area is 96.5 Å². The van der Waals surface area contributed by atoms with E-state index in [1.807, 2.05) is 42.2 Å². The third-order valence-corrected chi connectivity index (χ3v) is 2.96. The predicted octanol–water partition coefficient (Wildman–Crippen LogP) is 1.79. The van der Waals surface area contributed by atoms with Crippen molar-refractivity contribution in [2.75, 3.05) is 18.0 Å². The molecule has 1 aliphatic rings. The lowest BCUT2D eigenvalue weighted by molar-refractivity contribution is -0.120. The number of hydrogen-bond acceptors (Lipinski definition) is 2. The van der Waals surface area contributed by atoms with E-state index in [-0.39, 0.29) is 11.9 Å². The number of para-hydroxylation sites is 1. The van der Waals surface area contributed by atoms with Gasteiger partial charge in [-0.1, -0.05) is 18.2 Å². The molecule has 1 aromatic carbocycles. The fourth-order valence-electron chi connectivity index (χ4n) is 2.01. The Kier molecular flexibility index (Phi) is 3.57. The van der Waals surface area contributed by atoms with Gasteiger partial charge in [-0.25, -0.2) is 0 Å². The van der Waals surface area contributed by atoms with Crippen molar-refractivity contribution in [2.45, 2.75) is 25.8 Å². The van der Waals surface area contributed by atoms with Crippen LogP contribution in [0.3, 0.4) is 0 Å². The topological polar surface area (TPSA) is 32.3 Å². The molecule has 0 aromatic heterocycles. The van der Waals surface area contributed by atoms with Gasteiger partial charge in [0.1, 0.15) is 0 Å². The van der Waals surface area contributed by atoms with Crippen molar-refractivity contribution >= 4 is 11.6 Å². The number of carbonyl (C=O) groups is 1. The number of nitrogens with one attached hydrogen (secondary N) is 1. The van der Waals surface area contributed by atoms with E-state index in [4.69, 9.17) is 0 Å². The van der Waals surface area contributed by atoms with E-state index in [9.17, 15) is 4.79 Å². The summed E-state index contributed by atoms with van der Waals surface area (Å²) in [6.45, 7) is 3.70. The van der Waals surface area contributed by atoms with E-state index in [0.29, 0.717) is 0 Å². The van der Waals surface area contributed by atoms with Gasteiger partial charge >= 0.3 is 0 Å². The molecule has 1 aromatic rings. The van der Waals surface area contributed by atoms with Crippen molar-refractivity contribution in [3.8, 4) is 0 Å². The molecule has 3 heteroatoms. The molecule has 0 aliphatic carbocycles. The Bertz CT molecular complexity index is 350. The highest BCUT2D eigenvalue weighted by molar-refractivity contribution is 5.96. The Morgan fingerprint density at radius 1 is 1.25 bits per heavy atom. The summed E-state index contributed by atoms with van der Waals surface area (Å²) in [5.74, 6) is 0.172. The average molecular weight is 218 g/mol. The smallest absolute Gasteiger partial charge is 0.243 e. The summed E-state index contributed by atoms with van der Waals surface area (Å²) in [7, 11) is 0. The standard InChI is InChI=1S/C13H18N2O/c1-11-13(16)15(10-6-5-9-14-11)12-7-3-2-4-8-12/h2-4,7-8,11,14H,5-6,9-10H2,1H3. The lowest BCUT2D eigenvalue weighted by Crippen LogP contribution is -2.47. The van der Waals surface area contributed by atoms with Gasteiger partial charge in [-0.15, -0.1) is 0 Å². The minimum Gasteiger partial charge on any atom is -0.311 e. The normalized spacial score (nSPS) is 22.7. The molecule has 1 fully saturated rings. The molecular formula is C13H18N2O. The fraction of sp³-hybridized carbons (Fsp3) is 0.462. The average Bonchev–Trinajstić information content (AvgIpc) is 2.32. The number of anilines is 1. The Balaban J connectivity index is 2.20. The first-order chi connectivity index (χ1) is 7.79. The molecule has 3 nitrogen and oxygen atoms in total. The van der Waals surface area contributed by atoms with Gasteiger partial charge in [-0.05, 0) is 38.4 Å².